The first-order valence-corrected chi connectivity index (χ1v) is 10.3. The van der Waals surface area contributed by atoms with E-state index in [2.05, 4.69) is 22.8 Å². The van der Waals surface area contributed by atoms with E-state index in [0.29, 0.717) is 17.6 Å². The second-order valence-corrected chi connectivity index (χ2v) is 7.62. The monoisotopic (exact) mass is 414 g/mol. The van der Waals surface area contributed by atoms with Crippen LogP contribution in [0, 0.1) is 0 Å². The summed E-state index contributed by atoms with van der Waals surface area (Å²) in [4.78, 5) is 47.1. The molecule has 2 N–H and O–H groups in total. The Morgan fingerprint density at radius 1 is 0.645 bits per heavy atom. The van der Waals surface area contributed by atoms with E-state index in [4.69, 9.17) is 0 Å². The average molecular weight is 414 g/mol. The predicted octanol–water partition coefficient (Wildman–Crippen LogP) is 2.48. The topological polar surface area (TPSA) is 92.3 Å². The molecule has 0 unspecified atom stereocenters. The van der Waals surface area contributed by atoms with Gasteiger partial charge in [-0.15, -0.1) is 0 Å². The second-order valence-electron chi connectivity index (χ2n) is 7.62. The summed E-state index contributed by atoms with van der Waals surface area (Å²) in [5.41, 5.74) is 6.57. The van der Waals surface area contributed by atoms with Crippen LogP contribution in [0.5, 0.6) is 0 Å². The molecule has 4 rings (SSSR count). The van der Waals surface area contributed by atoms with Gasteiger partial charge in [-0.1, -0.05) is 50.2 Å². The first-order valence-electron chi connectivity index (χ1n) is 10.3. The molecule has 31 heavy (non-hydrogen) atoms. The van der Waals surface area contributed by atoms with Gasteiger partial charge in [0, 0.05) is 12.2 Å². The van der Waals surface area contributed by atoms with Crippen LogP contribution in [0.2, 0.25) is 0 Å². The van der Waals surface area contributed by atoms with E-state index >= 15 is 0 Å². The fraction of sp³-hybridized carbons (Fsp3) is 0.200. The zero-order valence-electron chi connectivity index (χ0n) is 17.4. The predicted molar refractivity (Wildman–Crippen MR) is 117 cm³/mol. The number of nitrogens with one attached hydrogen (secondary N) is 2. The van der Waals surface area contributed by atoms with Gasteiger partial charge < -0.3 is 0 Å². The Hall–Kier alpha value is -3.80. The third kappa shape index (κ3) is 3.97. The van der Waals surface area contributed by atoms with Crippen molar-refractivity contribution in [1.29, 1.82) is 0 Å². The molecular formula is C25H22N2O4. The van der Waals surface area contributed by atoms with Gasteiger partial charge in [-0.2, -0.15) is 0 Å². The zero-order chi connectivity index (χ0) is 22.1. The second kappa shape index (κ2) is 8.14. The number of carbonyl (C=O) groups is 4. The molecule has 2 aliphatic rings. The van der Waals surface area contributed by atoms with Crippen LogP contribution in [0.25, 0.3) is 11.1 Å². The fourth-order valence-electron chi connectivity index (χ4n) is 4.08. The van der Waals surface area contributed by atoms with Gasteiger partial charge in [-0.05, 0) is 52.6 Å². The highest BCUT2D eigenvalue weighted by Gasteiger charge is 2.25. The SMILES string of the molecule is CCc1cc(Cc2ccc(C3=CC(=O)NC3=O)c(CC)c2)ccc1C1=CC(=O)NC1=O. The summed E-state index contributed by atoms with van der Waals surface area (Å²) in [7, 11) is 0. The van der Waals surface area contributed by atoms with Crippen molar-refractivity contribution in [2.24, 2.45) is 0 Å². The highest BCUT2D eigenvalue weighted by Crippen LogP contribution is 2.27. The van der Waals surface area contributed by atoms with Gasteiger partial charge in [-0.3, -0.25) is 29.8 Å². The van der Waals surface area contributed by atoms with Crippen molar-refractivity contribution in [3.63, 3.8) is 0 Å². The number of imide groups is 2. The van der Waals surface area contributed by atoms with Gasteiger partial charge in [0.05, 0.1) is 11.1 Å². The molecule has 2 aromatic carbocycles. The molecule has 6 heteroatoms. The summed E-state index contributed by atoms with van der Waals surface area (Å²) in [5, 5.41) is 4.59. The molecule has 0 fully saturated rings. The summed E-state index contributed by atoms with van der Waals surface area (Å²) in [6, 6.07) is 11.9. The van der Waals surface area contributed by atoms with Crippen LogP contribution in [-0.2, 0) is 38.4 Å². The molecule has 0 saturated carbocycles. The van der Waals surface area contributed by atoms with E-state index in [-0.39, 0.29) is 23.6 Å². The fourth-order valence-corrected chi connectivity index (χ4v) is 4.08. The Kier molecular flexibility index (Phi) is 5.38. The minimum Gasteiger partial charge on any atom is -0.289 e. The Labute approximate surface area is 180 Å². The van der Waals surface area contributed by atoms with Crippen LogP contribution in [-0.4, -0.2) is 23.6 Å². The molecule has 0 radical (unpaired) electrons. The van der Waals surface area contributed by atoms with E-state index in [1.54, 1.807) is 0 Å². The Morgan fingerprint density at radius 3 is 1.39 bits per heavy atom. The van der Waals surface area contributed by atoms with E-state index in [1.807, 2.05) is 38.1 Å². The molecule has 0 saturated heterocycles. The molecule has 2 heterocycles. The molecule has 0 aliphatic carbocycles. The largest absolute Gasteiger partial charge is 0.289 e. The molecule has 156 valence electrons. The summed E-state index contributed by atoms with van der Waals surface area (Å²) >= 11 is 0. The number of hydrogen-bond donors (Lipinski definition) is 2. The molecule has 0 atom stereocenters. The number of amides is 4. The van der Waals surface area contributed by atoms with E-state index in [1.165, 1.54) is 12.2 Å². The molecule has 0 aromatic heterocycles. The van der Waals surface area contributed by atoms with Gasteiger partial charge in [0.2, 0.25) is 0 Å². The lowest BCUT2D eigenvalue weighted by Gasteiger charge is -2.13. The number of rotatable bonds is 6. The van der Waals surface area contributed by atoms with Gasteiger partial charge >= 0.3 is 0 Å². The summed E-state index contributed by atoms with van der Waals surface area (Å²) in [6.07, 6.45) is 4.86. The third-order valence-electron chi connectivity index (χ3n) is 5.60. The minimum atomic E-state index is -0.383. The van der Waals surface area contributed by atoms with E-state index in [9.17, 15) is 19.2 Å². The molecule has 6 nitrogen and oxygen atoms in total. The molecule has 2 aromatic rings. The lowest BCUT2D eigenvalue weighted by Crippen LogP contribution is -2.22. The highest BCUT2D eigenvalue weighted by atomic mass is 16.2. The third-order valence-corrected chi connectivity index (χ3v) is 5.60. The quantitative estimate of drug-likeness (QED) is 0.711. The maximum atomic E-state index is 12.0. The maximum absolute atomic E-state index is 12.0. The highest BCUT2D eigenvalue weighted by molar-refractivity contribution is 6.34. The lowest BCUT2D eigenvalue weighted by molar-refractivity contribution is -0.124. The van der Waals surface area contributed by atoms with Crippen LogP contribution in [0.1, 0.15) is 47.2 Å². The Bertz CT molecular complexity index is 1110. The van der Waals surface area contributed by atoms with Gasteiger partial charge in [0.15, 0.2) is 0 Å². The van der Waals surface area contributed by atoms with Gasteiger partial charge in [0.1, 0.15) is 0 Å². The number of hydrogen-bond acceptors (Lipinski definition) is 4. The normalized spacial score (nSPS) is 15.7. The Morgan fingerprint density at radius 2 is 1.06 bits per heavy atom. The number of carbonyl (C=O) groups excluding carboxylic acids is 4. The standard InChI is InChI=1S/C25H22N2O4/c1-3-16-10-14(5-7-18(16)20-12-22(28)26-24(20)30)9-15-6-8-19(17(4-2)11-15)21-13-23(29)27-25(21)31/h5-8,10-13H,3-4,9H2,1-2H3,(H,26,28,30)(H,27,29,31). The van der Waals surface area contributed by atoms with Gasteiger partial charge in [0.25, 0.3) is 23.6 Å². The number of aryl methyl sites for hydroxylation is 2. The van der Waals surface area contributed by atoms with Crippen LogP contribution in [0.3, 0.4) is 0 Å². The molecule has 0 bridgehead atoms. The van der Waals surface area contributed by atoms with Gasteiger partial charge in [-0.25, -0.2) is 0 Å². The first kappa shape index (κ1) is 20.5. The first-order chi connectivity index (χ1) is 14.9. The lowest BCUT2D eigenvalue weighted by atomic mass is 9.91. The summed E-state index contributed by atoms with van der Waals surface area (Å²) < 4.78 is 0. The van der Waals surface area contributed by atoms with Crippen LogP contribution in [0.15, 0.2) is 48.6 Å². The van der Waals surface area contributed by atoms with Crippen LogP contribution in [0.4, 0.5) is 0 Å². The maximum Gasteiger partial charge on any atom is 0.258 e. The van der Waals surface area contributed by atoms with Crippen molar-refractivity contribution < 1.29 is 19.2 Å². The van der Waals surface area contributed by atoms with Crippen molar-refractivity contribution >= 4 is 34.8 Å². The number of benzene rings is 2. The van der Waals surface area contributed by atoms with Crippen molar-refractivity contribution in [2.45, 2.75) is 33.1 Å². The molecule has 4 amide bonds. The summed E-state index contributed by atoms with van der Waals surface area (Å²) in [6.45, 7) is 4.03. The smallest absolute Gasteiger partial charge is 0.258 e. The van der Waals surface area contributed by atoms with Crippen LogP contribution < -0.4 is 10.6 Å². The van der Waals surface area contributed by atoms with E-state index in [0.717, 1.165) is 46.2 Å². The average Bonchev–Trinajstić information content (AvgIpc) is 3.27. The van der Waals surface area contributed by atoms with Crippen molar-refractivity contribution in [3.05, 3.63) is 81.9 Å². The zero-order valence-corrected chi connectivity index (χ0v) is 17.4. The van der Waals surface area contributed by atoms with Crippen molar-refractivity contribution in [1.82, 2.24) is 10.6 Å². The minimum absolute atomic E-state index is 0.362. The molecule has 0 spiro atoms. The summed E-state index contributed by atoms with van der Waals surface area (Å²) in [5.74, 6) is -1.49. The van der Waals surface area contributed by atoms with Crippen molar-refractivity contribution in [3.8, 4) is 0 Å². The molecular weight excluding hydrogens is 392 g/mol. The van der Waals surface area contributed by atoms with Crippen molar-refractivity contribution in [2.75, 3.05) is 0 Å². The van der Waals surface area contributed by atoms with E-state index < -0.39 is 0 Å². The van der Waals surface area contributed by atoms with Crippen LogP contribution >= 0.6 is 0 Å². The Balaban J connectivity index is 1.62. The molecule has 2 aliphatic heterocycles.